The number of nitrogens with two attached hydrogens (primary N) is 1. The molecule has 4 nitrogen and oxygen atoms in total. The van der Waals surface area contributed by atoms with Gasteiger partial charge in [0, 0.05) is 6.04 Å². The topological polar surface area (TPSA) is 56.7 Å². The highest BCUT2D eigenvalue weighted by Gasteiger charge is 2.10. The van der Waals surface area contributed by atoms with Crippen LogP contribution in [0.25, 0.3) is 5.69 Å². The van der Waals surface area contributed by atoms with Gasteiger partial charge in [-0.1, -0.05) is 53.7 Å². The summed E-state index contributed by atoms with van der Waals surface area (Å²) in [4.78, 5) is 0. The normalized spacial score (nSPS) is 12.2. The predicted molar refractivity (Wildman–Crippen MR) is 83.1 cm³/mol. The molecule has 1 atom stereocenters. The Morgan fingerprint density at radius 3 is 2.33 bits per heavy atom. The van der Waals surface area contributed by atoms with E-state index in [2.05, 4.69) is 22.4 Å². The van der Waals surface area contributed by atoms with E-state index in [0.29, 0.717) is 0 Å². The summed E-state index contributed by atoms with van der Waals surface area (Å²) in [6.45, 7) is 0. The molecule has 0 aliphatic heterocycles. The van der Waals surface area contributed by atoms with Crippen LogP contribution in [0.4, 0.5) is 0 Å². The molecule has 0 fully saturated rings. The van der Waals surface area contributed by atoms with Crippen LogP contribution < -0.4 is 5.73 Å². The predicted octanol–water partition coefficient (Wildman–Crippen LogP) is 2.90. The Balaban J connectivity index is 1.71. The van der Waals surface area contributed by atoms with E-state index in [9.17, 15) is 0 Å². The van der Waals surface area contributed by atoms with E-state index in [-0.39, 0.29) is 6.04 Å². The first kappa shape index (κ1) is 13.5. The Bertz CT molecular complexity index is 676. The van der Waals surface area contributed by atoms with E-state index < -0.39 is 0 Å². The largest absolute Gasteiger partial charge is 0.324 e. The molecule has 2 aromatic carbocycles. The third-order valence-corrected chi connectivity index (χ3v) is 3.56. The molecule has 0 spiro atoms. The maximum Gasteiger partial charge on any atom is 0.0729 e. The summed E-state index contributed by atoms with van der Waals surface area (Å²) >= 11 is 0. The van der Waals surface area contributed by atoms with Crippen molar-refractivity contribution in [1.82, 2.24) is 15.0 Å². The first-order valence-electron chi connectivity index (χ1n) is 7.10. The van der Waals surface area contributed by atoms with Crippen LogP contribution in [0.2, 0.25) is 0 Å². The second kappa shape index (κ2) is 6.33. The molecule has 0 saturated carbocycles. The summed E-state index contributed by atoms with van der Waals surface area (Å²) in [5.74, 6) is 0. The standard InChI is InChI=1S/C17H18N4/c18-17(14-7-3-1-4-8-14)12-11-16-13-19-20-21(16)15-9-5-2-6-10-15/h1-10,13,17H,11-12,18H2. The number of benzene rings is 2. The van der Waals surface area contributed by atoms with Gasteiger partial charge in [-0.05, 0) is 30.5 Å². The molecule has 0 saturated heterocycles. The van der Waals surface area contributed by atoms with Crippen LogP contribution in [0.3, 0.4) is 0 Å². The van der Waals surface area contributed by atoms with Crippen LogP contribution in [0.15, 0.2) is 66.9 Å². The fraction of sp³-hybridized carbons (Fsp3) is 0.176. The zero-order chi connectivity index (χ0) is 14.5. The maximum absolute atomic E-state index is 6.25. The first-order valence-corrected chi connectivity index (χ1v) is 7.10. The van der Waals surface area contributed by atoms with Crippen LogP contribution in [0.5, 0.6) is 0 Å². The minimum absolute atomic E-state index is 0.0327. The fourth-order valence-corrected chi connectivity index (χ4v) is 2.38. The summed E-state index contributed by atoms with van der Waals surface area (Å²) in [5.41, 5.74) is 9.52. The molecule has 1 heterocycles. The molecule has 4 heteroatoms. The van der Waals surface area contributed by atoms with Crippen LogP contribution >= 0.6 is 0 Å². The number of para-hydroxylation sites is 1. The molecule has 3 rings (SSSR count). The van der Waals surface area contributed by atoms with Crippen LogP contribution in [-0.4, -0.2) is 15.0 Å². The maximum atomic E-state index is 6.25. The summed E-state index contributed by atoms with van der Waals surface area (Å²) in [5, 5.41) is 8.18. The van der Waals surface area contributed by atoms with Gasteiger partial charge in [0.25, 0.3) is 0 Å². The lowest BCUT2D eigenvalue weighted by Crippen LogP contribution is -2.12. The molecule has 0 radical (unpaired) electrons. The summed E-state index contributed by atoms with van der Waals surface area (Å²) in [6.07, 6.45) is 3.52. The summed E-state index contributed by atoms with van der Waals surface area (Å²) in [6, 6.07) is 20.2. The Morgan fingerprint density at radius 1 is 0.952 bits per heavy atom. The van der Waals surface area contributed by atoms with Crippen molar-refractivity contribution < 1.29 is 0 Å². The quantitative estimate of drug-likeness (QED) is 0.780. The smallest absolute Gasteiger partial charge is 0.0729 e. The Kier molecular flexibility index (Phi) is 4.07. The average Bonchev–Trinajstić information content (AvgIpc) is 3.03. The monoisotopic (exact) mass is 278 g/mol. The third-order valence-electron chi connectivity index (χ3n) is 3.56. The van der Waals surface area contributed by atoms with E-state index in [1.807, 2.05) is 59.4 Å². The fourth-order valence-electron chi connectivity index (χ4n) is 2.38. The number of nitrogens with zero attached hydrogens (tertiary/aromatic N) is 3. The average molecular weight is 278 g/mol. The number of aryl methyl sites for hydroxylation is 1. The van der Waals surface area contributed by atoms with Gasteiger partial charge in [-0.25, -0.2) is 4.68 Å². The van der Waals surface area contributed by atoms with Gasteiger partial charge in [0.05, 0.1) is 17.6 Å². The van der Waals surface area contributed by atoms with Gasteiger partial charge in [0.1, 0.15) is 0 Å². The van der Waals surface area contributed by atoms with E-state index >= 15 is 0 Å². The zero-order valence-corrected chi connectivity index (χ0v) is 11.8. The summed E-state index contributed by atoms with van der Waals surface area (Å²) < 4.78 is 1.87. The van der Waals surface area contributed by atoms with E-state index in [4.69, 9.17) is 5.73 Å². The molecule has 1 aromatic heterocycles. The van der Waals surface area contributed by atoms with Crippen molar-refractivity contribution in [3.05, 3.63) is 78.1 Å². The highest BCUT2D eigenvalue weighted by molar-refractivity contribution is 5.31. The van der Waals surface area contributed by atoms with Gasteiger partial charge in [-0.2, -0.15) is 0 Å². The van der Waals surface area contributed by atoms with E-state index in [0.717, 1.165) is 29.8 Å². The highest BCUT2D eigenvalue weighted by Crippen LogP contribution is 2.17. The van der Waals surface area contributed by atoms with Gasteiger partial charge in [-0.15, -0.1) is 5.10 Å². The zero-order valence-electron chi connectivity index (χ0n) is 11.8. The van der Waals surface area contributed by atoms with Crippen molar-refractivity contribution in [2.75, 3.05) is 0 Å². The van der Waals surface area contributed by atoms with Crippen molar-refractivity contribution in [3.8, 4) is 5.69 Å². The van der Waals surface area contributed by atoms with Crippen molar-refractivity contribution >= 4 is 0 Å². The lowest BCUT2D eigenvalue weighted by molar-refractivity contribution is 0.629. The lowest BCUT2D eigenvalue weighted by atomic mass is 10.0. The first-order chi connectivity index (χ1) is 10.3. The third kappa shape index (κ3) is 3.17. The molecule has 106 valence electrons. The van der Waals surface area contributed by atoms with Crippen LogP contribution in [0, 0.1) is 0 Å². The highest BCUT2D eigenvalue weighted by atomic mass is 15.4. The summed E-state index contributed by atoms with van der Waals surface area (Å²) in [7, 11) is 0. The SMILES string of the molecule is NC(CCc1cnnn1-c1ccccc1)c1ccccc1. The van der Waals surface area contributed by atoms with Crippen molar-refractivity contribution in [3.63, 3.8) is 0 Å². The van der Waals surface area contributed by atoms with Crippen LogP contribution in [0.1, 0.15) is 23.7 Å². The Hall–Kier alpha value is -2.46. The number of hydrogen-bond acceptors (Lipinski definition) is 3. The van der Waals surface area contributed by atoms with Gasteiger partial charge in [-0.3, -0.25) is 0 Å². The second-order valence-corrected chi connectivity index (χ2v) is 5.03. The Labute approximate surface area is 124 Å². The molecule has 0 aliphatic carbocycles. The van der Waals surface area contributed by atoms with Crippen molar-refractivity contribution in [1.29, 1.82) is 0 Å². The van der Waals surface area contributed by atoms with Crippen LogP contribution in [-0.2, 0) is 6.42 Å². The van der Waals surface area contributed by atoms with E-state index in [1.54, 1.807) is 0 Å². The van der Waals surface area contributed by atoms with Crippen molar-refractivity contribution in [2.45, 2.75) is 18.9 Å². The Morgan fingerprint density at radius 2 is 1.62 bits per heavy atom. The number of aromatic nitrogens is 3. The lowest BCUT2D eigenvalue weighted by Gasteiger charge is -2.12. The molecule has 0 aliphatic rings. The second-order valence-electron chi connectivity index (χ2n) is 5.03. The molecular formula is C17H18N4. The minimum atomic E-state index is 0.0327. The molecule has 1 unspecified atom stereocenters. The molecule has 0 bridgehead atoms. The number of rotatable bonds is 5. The number of hydrogen-bond donors (Lipinski definition) is 1. The van der Waals surface area contributed by atoms with Crippen molar-refractivity contribution in [2.24, 2.45) is 5.73 Å². The molecular weight excluding hydrogens is 260 g/mol. The van der Waals surface area contributed by atoms with Gasteiger partial charge >= 0.3 is 0 Å². The molecule has 0 amide bonds. The van der Waals surface area contributed by atoms with Gasteiger partial charge in [0.2, 0.25) is 0 Å². The molecule has 2 N–H and O–H groups in total. The minimum Gasteiger partial charge on any atom is -0.324 e. The molecule has 3 aromatic rings. The van der Waals surface area contributed by atoms with E-state index in [1.165, 1.54) is 0 Å². The molecule has 21 heavy (non-hydrogen) atoms. The van der Waals surface area contributed by atoms with Gasteiger partial charge < -0.3 is 5.73 Å². The van der Waals surface area contributed by atoms with Gasteiger partial charge in [0.15, 0.2) is 0 Å².